The van der Waals surface area contributed by atoms with Crippen molar-refractivity contribution in [2.24, 2.45) is 17.8 Å². The summed E-state index contributed by atoms with van der Waals surface area (Å²) in [5.74, 6) is 3.50. The molecule has 1 aliphatic carbocycles. The first-order valence-electron chi connectivity index (χ1n) is 10.1. The highest BCUT2D eigenvalue weighted by Crippen LogP contribution is 2.43. The van der Waals surface area contributed by atoms with Crippen LogP contribution >= 0.6 is 0 Å². The van der Waals surface area contributed by atoms with Gasteiger partial charge < -0.3 is 9.47 Å². The third-order valence-electron chi connectivity index (χ3n) is 5.79. The number of methoxy groups -OCH3 is 1. The number of ether oxygens (including phenoxy) is 2. The number of hydrogen-bond donors (Lipinski definition) is 0. The molecule has 1 aromatic rings. The van der Waals surface area contributed by atoms with Gasteiger partial charge in [0.2, 0.25) is 0 Å². The number of hydrogen-bond acceptors (Lipinski definition) is 2. The van der Waals surface area contributed by atoms with Crippen LogP contribution in [0.4, 0.5) is 0 Å². The Morgan fingerprint density at radius 1 is 0.926 bits per heavy atom. The molecule has 0 aliphatic heterocycles. The molecule has 150 valence electrons. The van der Waals surface area contributed by atoms with Gasteiger partial charge in [-0.05, 0) is 53.6 Å². The molecule has 0 radical (unpaired) electrons. The van der Waals surface area contributed by atoms with Crippen LogP contribution in [0.1, 0.15) is 65.5 Å². The lowest BCUT2D eigenvalue weighted by Gasteiger charge is -2.29. The molecule has 1 aliphatic rings. The number of benzene rings is 1. The van der Waals surface area contributed by atoms with Gasteiger partial charge in [0.1, 0.15) is 11.5 Å². The second-order valence-electron chi connectivity index (χ2n) is 9.99. The second kappa shape index (κ2) is 8.12. The van der Waals surface area contributed by atoms with Crippen molar-refractivity contribution in [2.75, 3.05) is 13.7 Å². The summed E-state index contributed by atoms with van der Waals surface area (Å²) in [5, 5.41) is 0. The van der Waals surface area contributed by atoms with E-state index in [9.17, 15) is 0 Å². The Morgan fingerprint density at radius 2 is 1.48 bits per heavy atom. The van der Waals surface area contributed by atoms with Gasteiger partial charge in [-0.2, -0.15) is 0 Å². The van der Waals surface area contributed by atoms with E-state index < -0.39 is 0 Å². The molecule has 0 bridgehead atoms. The maximum Gasteiger partial charge on any atom is 0.123 e. The minimum Gasteiger partial charge on any atom is -0.496 e. The molecular formula is C25H38O2. The molecule has 0 aromatic heterocycles. The number of allylic oxidation sites excluding steroid dienone is 2. The molecule has 2 nitrogen and oxygen atoms in total. The summed E-state index contributed by atoms with van der Waals surface area (Å²) < 4.78 is 12.2. The predicted molar refractivity (Wildman–Crippen MR) is 116 cm³/mol. The molecule has 1 saturated carbocycles. The SMILES string of the molecule is C=CC1CC(C=C)C(COc2cc(C(C)(C)C)c(OC)cc2C(C)(C)C)C1. The van der Waals surface area contributed by atoms with Crippen molar-refractivity contribution in [1.82, 2.24) is 0 Å². The van der Waals surface area contributed by atoms with E-state index in [0.717, 1.165) is 30.9 Å². The van der Waals surface area contributed by atoms with E-state index in [1.807, 2.05) is 0 Å². The average molecular weight is 371 g/mol. The Morgan fingerprint density at radius 3 is 1.96 bits per heavy atom. The highest BCUT2D eigenvalue weighted by atomic mass is 16.5. The van der Waals surface area contributed by atoms with Crippen LogP contribution in [-0.2, 0) is 10.8 Å². The van der Waals surface area contributed by atoms with Crippen LogP contribution < -0.4 is 9.47 Å². The summed E-state index contributed by atoms with van der Waals surface area (Å²) in [6.45, 7) is 22.0. The maximum atomic E-state index is 6.47. The molecule has 3 unspecified atom stereocenters. The summed E-state index contributed by atoms with van der Waals surface area (Å²) in [4.78, 5) is 0. The van der Waals surface area contributed by atoms with E-state index in [4.69, 9.17) is 9.47 Å². The minimum absolute atomic E-state index is 0.00911. The Hall–Kier alpha value is -1.70. The Kier molecular flexibility index (Phi) is 6.50. The fourth-order valence-corrected chi connectivity index (χ4v) is 4.09. The van der Waals surface area contributed by atoms with Crippen molar-refractivity contribution in [3.05, 3.63) is 48.6 Å². The molecule has 0 amide bonds. The first-order chi connectivity index (χ1) is 12.5. The van der Waals surface area contributed by atoms with Gasteiger partial charge in [0.25, 0.3) is 0 Å². The van der Waals surface area contributed by atoms with Crippen LogP contribution in [0.15, 0.2) is 37.4 Å². The van der Waals surface area contributed by atoms with Gasteiger partial charge in [-0.25, -0.2) is 0 Å². The van der Waals surface area contributed by atoms with Crippen molar-refractivity contribution in [2.45, 2.75) is 65.2 Å². The van der Waals surface area contributed by atoms with E-state index in [2.05, 4.69) is 79.0 Å². The molecule has 27 heavy (non-hydrogen) atoms. The highest BCUT2D eigenvalue weighted by Gasteiger charge is 2.32. The van der Waals surface area contributed by atoms with E-state index in [-0.39, 0.29) is 10.8 Å². The monoisotopic (exact) mass is 370 g/mol. The van der Waals surface area contributed by atoms with E-state index in [0.29, 0.717) is 17.8 Å². The molecule has 2 heteroatoms. The quantitative estimate of drug-likeness (QED) is 0.520. The third-order valence-corrected chi connectivity index (χ3v) is 5.79. The fraction of sp³-hybridized carbons (Fsp3) is 0.600. The molecule has 1 fully saturated rings. The van der Waals surface area contributed by atoms with Crippen LogP contribution in [0.2, 0.25) is 0 Å². The van der Waals surface area contributed by atoms with Crippen LogP contribution in [0.3, 0.4) is 0 Å². The van der Waals surface area contributed by atoms with Crippen LogP contribution in [0, 0.1) is 17.8 Å². The lowest BCUT2D eigenvalue weighted by atomic mass is 9.81. The molecule has 0 saturated heterocycles. The Balaban J connectivity index is 2.36. The van der Waals surface area contributed by atoms with E-state index in [1.54, 1.807) is 7.11 Å². The average Bonchev–Trinajstić information content (AvgIpc) is 3.00. The molecular weight excluding hydrogens is 332 g/mol. The smallest absolute Gasteiger partial charge is 0.123 e. The first-order valence-corrected chi connectivity index (χ1v) is 10.1. The minimum atomic E-state index is -0.0177. The topological polar surface area (TPSA) is 18.5 Å². The molecule has 3 atom stereocenters. The van der Waals surface area contributed by atoms with Crippen LogP contribution in [0.5, 0.6) is 11.5 Å². The zero-order valence-corrected chi connectivity index (χ0v) is 18.4. The second-order valence-corrected chi connectivity index (χ2v) is 9.99. The van der Waals surface area contributed by atoms with Crippen molar-refractivity contribution in [3.8, 4) is 11.5 Å². The van der Waals surface area contributed by atoms with Gasteiger partial charge in [0.15, 0.2) is 0 Å². The normalized spacial score (nSPS) is 23.1. The van der Waals surface area contributed by atoms with Crippen LogP contribution in [-0.4, -0.2) is 13.7 Å². The van der Waals surface area contributed by atoms with Crippen molar-refractivity contribution in [1.29, 1.82) is 0 Å². The predicted octanol–water partition coefficient (Wildman–Crippen LogP) is 6.68. The summed E-state index contributed by atoms with van der Waals surface area (Å²) in [6.07, 6.45) is 6.45. The zero-order chi connectivity index (χ0) is 20.4. The van der Waals surface area contributed by atoms with Gasteiger partial charge in [-0.15, -0.1) is 13.2 Å². The Labute approximate surface area is 166 Å². The van der Waals surface area contributed by atoms with E-state index in [1.165, 1.54) is 11.1 Å². The van der Waals surface area contributed by atoms with Gasteiger partial charge in [0, 0.05) is 11.1 Å². The third kappa shape index (κ3) is 4.97. The van der Waals surface area contributed by atoms with Crippen molar-refractivity contribution in [3.63, 3.8) is 0 Å². The molecule has 0 spiro atoms. The standard InChI is InChI=1S/C25H38O2/c1-10-17-12-18(11-2)19(13-17)16-27-23-15-20(24(3,4)5)22(26-9)14-21(23)25(6,7)8/h10-11,14-15,17-19H,1-2,12-13,16H2,3-9H3. The summed E-state index contributed by atoms with van der Waals surface area (Å²) >= 11 is 0. The Bertz CT molecular complexity index is 673. The molecule has 0 heterocycles. The lowest BCUT2D eigenvalue weighted by molar-refractivity contribution is 0.225. The van der Waals surface area contributed by atoms with Gasteiger partial charge >= 0.3 is 0 Å². The molecule has 1 aromatic carbocycles. The summed E-state index contributed by atoms with van der Waals surface area (Å²) in [7, 11) is 1.75. The van der Waals surface area contributed by atoms with Crippen molar-refractivity contribution < 1.29 is 9.47 Å². The lowest BCUT2D eigenvalue weighted by Crippen LogP contribution is -2.21. The molecule has 2 rings (SSSR count). The zero-order valence-electron chi connectivity index (χ0n) is 18.4. The largest absolute Gasteiger partial charge is 0.496 e. The van der Waals surface area contributed by atoms with Crippen molar-refractivity contribution >= 4 is 0 Å². The fourth-order valence-electron chi connectivity index (χ4n) is 4.09. The summed E-state index contributed by atoms with van der Waals surface area (Å²) in [5.41, 5.74) is 2.35. The summed E-state index contributed by atoms with van der Waals surface area (Å²) in [6, 6.07) is 4.37. The van der Waals surface area contributed by atoms with Gasteiger partial charge in [-0.1, -0.05) is 53.7 Å². The van der Waals surface area contributed by atoms with Gasteiger partial charge in [-0.3, -0.25) is 0 Å². The highest BCUT2D eigenvalue weighted by molar-refractivity contribution is 5.51. The van der Waals surface area contributed by atoms with E-state index >= 15 is 0 Å². The molecule has 0 N–H and O–H groups in total. The first kappa shape index (κ1) is 21.6. The number of rotatable bonds is 6. The maximum absolute atomic E-state index is 6.47. The van der Waals surface area contributed by atoms with Crippen LogP contribution in [0.25, 0.3) is 0 Å². The van der Waals surface area contributed by atoms with Gasteiger partial charge in [0.05, 0.1) is 13.7 Å².